The zero-order chi connectivity index (χ0) is 25.4. The molecule has 1 heterocycles. The third-order valence-corrected chi connectivity index (χ3v) is 4.75. The van der Waals surface area contributed by atoms with Crippen LogP contribution in [0.2, 0.25) is 0 Å². The van der Waals surface area contributed by atoms with Crippen molar-refractivity contribution in [2.45, 2.75) is 45.7 Å². The van der Waals surface area contributed by atoms with Gasteiger partial charge in [0.15, 0.2) is 0 Å². The average Bonchev–Trinajstić information content (AvgIpc) is 2.75. The molecule has 0 aliphatic carbocycles. The van der Waals surface area contributed by atoms with Crippen LogP contribution in [0.5, 0.6) is 0 Å². The summed E-state index contributed by atoms with van der Waals surface area (Å²) in [5, 5.41) is 19.0. The van der Waals surface area contributed by atoms with E-state index < -0.39 is 53.9 Å². The quantitative estimate of drug-likeness (QED) is 0.299. The first-order valence-corrected chi connectivity index (χ1v) is 10.4. The molecule has 0 fully saturated rings. The highest BCUT2D eigenvalue weighted by Crippen LogP contribution is 2.20. The second kappa shape index (κ2) is 11.6. The van der Waals surface area contributed by atoms with E-state index in [0.717, 1.165) is 10.9 Å². The number of amides is 4. The predicted molar refractivity (Wildman–Crippen MR) is 121 cm³/mol. The maximum absolute atomic E-state index is 12.4. The topological polar surface area (TPSA) is 184 Å². The second-order valence-corrected chi connectivity index (χ2v) is 7.64. The number of hydrogen-bond donors (Lipinski definition) is 5. The minimum absolute atomic E-state index is 0.275. The summed E-state index contributed by atoms with van der Waals surface area (Å²) in [5.74, 6) is -3.56. The number of carbonyl (C=O) groups excluding carboxylic acids is 4. The fourth-order valence-electron chi connectivity index (χ4n) is 2.93. The summed E-state index contributed by atoms with van der Waals surface area (Å²) < 4.78 is 5.14. The molecular weight excluding hydrogens is 448 g/mol. The van der Waals surface area contributed by atoms with Crippen LogP contribution in [0.15, 0.2) is 33.5 Å². The number of carboxylic acids is 1. The van der Waals surface area contributed by atoms with Gasteiger partial charge in [-0.2, -0.15) is 0 Å². The van der Waals surface area contributed by atoms with Crippen LogP contribution < -0.4 is 26.9 Å². The van der Waals surface area contributed by atoms with Gasteiger partial charge in [-0.15, -0.1) is 0 Å². The Bertz CT molecular complexity index is 1170. The van der Waals surface area contributed by atoms with Gasteiger partial charge in [-0.05, 0) is 38.5 Å². The lowest BCUT2D eigenvalue weighted by molar-refractivity contribution is -0.139. The number of fused-ring (bicyclic) bond motifs is 1. The van der Waals surface area contributed by atoms with E-state index in [1.54, 1.807) is 19.1 Å². The van der Waals surface area contributed by atoms with Crippen molar-refractivity contribution < 1.29 is 33.5 Å². The van der Waals surface area contributed by atoms with Crippen molar-refractivity contribution in [3.8, 4) is 0 Å². The maximum Gasteiger partial charge on any atom is 0.336 e. The standard InChI is InChI=1S/C22H26N4O8/c1-11-8-20(31)34-16-9-14(4-5-15(11)16)26-22(33)13(3)25-18(28)10-23-21(32)12(2)24-17(27)6-7-19(29)30/h4-5,8-9,12-13H,6-7,10H2,1-3H3,(H,23,32)(H,24,27)(H,25,28)(H,26,33)(H,29,30)/t12-,13-/m0/s1. The zero-order valence-electron chi connectivity index (χ0n) is 18.9. The lowest BCUT2D eigenvalue weighted by Gasteiger charge is -2.16. The number of anilines is 1. The molecule has 0 saturated heterocycles. The Balaban J connectivity index is 1.82. The van der Waals surface area contributed by atoms with Crippen LogP contribution in [0.1, 0.15) is 32.3 Å². The van der Waals surface area contributed by atoms with Crippen molar-refractivity contribution in [2.75, 3.05) is 11.9 Å². The van der Waals surface area contributed by atoms with Gasteiger partial charge in [-0.3, -0.25) is 24.0 Å². The van der Waals surface area contributed by atoms with Crippen LogP contribution in [-0.4, -0.2) is 53.3 Å². The van der Waals surface area contributed by atoms with Gasteiger partial charge in [0, 0.05) is 29.6 Å². The molecule has 0 radical (unpaired) electrons. The highest BCUT2D eigenvalue weighted by molar-refractivity contribution is 5.99. The first-order valence-electron chi connectivity index (χ1n) is 10.4. The fourth-order valence-corrected chi connectivity index (χ4v) is 2.93. The smallest absolute Gasteiger partial charge is 0.336 e. The first kappa shape index (κ1) is 26.0. The van der Waals surface area contributed by atoms with Gasteiger partial charge < -0.3 is 30.8 Å². The Kier molecular flexibility index (Phi) is 8.87. The van der Waals surface area contributed by atoms with Gasteiger partial charge >= 0.3 is 11.6 Å². The molecule has 0 unspecified atom stereocenters. The molecule has 2 rings (SSSR count). The van der Waals surface area contributed by atoms with Crippen LogP contribution in [0.4, 0.5) is 5.69 Å². The van der Waals surface area contributed by atoms with Crippen LogP contribution in [-0.2, 0) is 24.0 Å². The molecule has 1 aromatic carbocycles. The molecule has 0 spiro atoms. The van der Waals surface area contributed by atoms with E-state index in [4.69, 9.17) is 9.52 Å². The number of carboxylic acid groups (broad SMARTS) is 1. The summed E-state index contributed by atoms with van der Waals surface area (Å²) in [6, 6.07) is 4.27. The van der Waals surface area contributed by atoms with Gasteiger partial charge in [0.1, 0.15) is 17.7 Å². The highest BCUT2D eigenvalue weighted by atomic mass is 16.4. The van der Waals surface area contributed by atoms with Crippen LogP contribution in [0.3, 0.4) is 0 Å². The molecule has 12 nitrogen and oxygen atoms in total. The molecular formula is C22H26N4O8. The second-order valence-electron chi connectivity index (χ2n) is 7.64. The number of nitrogens with one attached hydrogen (secondary N) is 4. The number of carbonyl (C=O) groups is 5. The zero-order valence-corrected chi connectivity index (χ0v) is 18.9. The Morgan fingerprint density at radius 3 is 2.26 bits per heavy atom. The van der Waals surface area contributed by atoms with Crippen molar-refractivity contribution >= 4 is 46.3 Å². The molecule has 2 atom stereocenters. The number of rotatable bonds is 10. The summed E-state index contributed by atoms with van der Waals surface area (Å²) in [4.78, 5) is 70.1. The Hall–Kier alpha value is -4.22. The lowest BCUT2D eigenvalue weighted by atomic mass is 10.1. The number of aryl methyl sites for hydroxylation is 1. The number of hydrogen-bond acceptors (Lipinski definition) is 7. The molecule has 1 aromatic heterocycles. The molecule has 0 aliphatic rings. The molecule has 0 bridgehead atoms. The molecule has 182 valence electrons. The van der Waals surface area contributed by atoms with E-state index in [1.165, 1.54) is 26.0 Å². The third kappa shape index (κ3) is 7.73. The number of aliphatic carboxylic acids is 1. The largest absolute Gasteiger partial charge is 0.481 e. The van der Waals surface area contributed by atoms with E-state index in [0.29, 0.717) is 11.3 Å². The summed E-state index contributed by atoms with van der Waals surface area (Å²) in [6.45, 7) is 4.16. The van der Waals surface area contributed by atoms with Crippen LogP contribution in [0.25, 0.3) is 11.0 Å². The highest BCUT2D eigenvalue weighted by Gasteiger charge is 2.19. The Morgan fingerprint density at radius 1 is 0.941 bits per heavy atom. The maximum atomic E-state index is 12.4. The lowest BCUT2D eigenvalue weighted by Crippen LogP contribution is -2.49. The normalized spacial score (nSPS) is 12.3. The number of benzene rings is 1. The van der Waals surface area contributed by atoms with Gasteiger partial charge in [-0.1, -0.05) is 0 Å². The minimum atomic E-state index is -1.13. The van der Waals surface area contributed by atoms with Crippen molar-refractivity contribution in [1.29, 1.82) is 0 Å². The van der Waals surface area contributed by atoms with Gasteiger partial charge in [0.2, 0.25) is 23.6 Å². The van der Waals surface area contributed by atoms with Gasteiger partial charge in [-0.25, -0.2) is 4.79 Å². The predicted octanol–water partition coefficient (Wildman–Crippen LogP) is 0.0303. The molecule has 12 heteroatoms. The summed E-state index contributed by atoms with van der Waals surface area (Å²) in [5.41, 5.74) is 0.908. The van der Waals surface area contributed by atoms with E-state index in [9.17, 15) is 28.8 Å². The molecule has 34 heavy (non-hydrogen) atoms. The van der Waals surface area contributed by atoms with E-state index in [-0.39, 0.29) is 12.8 Å². The Morgan fingerprint density at radius 2 is 1.59 bits per heavy atom. The summed E-state index contributed by atoms with van der Waals surface area (Å²) in [7, 11) is 0. The third-order valence-electron chi connectivity index (χ3n) is 4.75. The summed E-state index contributed by atoms with van der Waals surface area (Å²) >= 11 is 0. The van der Waals surface area contributed by atoms with Crippen molar-refractivity contribution in [3.05, 3.63) is 40.2 Å². The van der Waals surface area contributed by atoms with E-state index >= 15 is 0 Å². The molecule has 2 aromatic rings. The SMILES string of the molecule is Cc1cc(=O)oc2cc(NC(=O)[C@H](C)NC(=O)CNC(=O)[C@H](C)NC(=O)CCC(=O)O)ccc12. The Labute approximate surface area is 194 Å². The van der Waals surface area contributed by atoms with Gasteiger partial charge in [0.25, 0.3) is 0 Å². The van der Waals surface area contributed by atoms with Gasteiger partial charge in [0.05, 0.1) is 13.0 Å². The molecule has 5 N–H and O–H groups in total. The van der Waals surface area contributed by atoms with Crippen molar-refractivity contribution in [3.63, 3.8) is 0 Å². The van der Waals surface area contributed by atoms with Crippen LogP contribution in [0, 0.1) is 6.92 Å². The van der Waals surface area contributed by atoms with E-state index in [2.05, 4.69) is 21.3 Å². The van der Waals surface area contributed by atoms with Crippen molar-refractivity contribution in [2.24, 2.45) is 0 Å². The minimum Gasteiger partial charge on any atom is -0.481 e. The summed E-state index contributed by atoms with van der Waals surface area (Å²) in [6.07, 6.45) is -0.640. The fraction of sp³-hybridized carbons (Fsp3) is 0.364. The monoisotopic (exact) mass is 474 g/mol. The molecule has 4 amide bonds. The average molecular weight is 474 g/mol. The van der Waals surface area contributed by atoms with Crippen molar-refractivity contribution in [1.82, 2.24) is 16.0 Å². The van der Waals surface area contributed by atoms with Crippen LogP contribution >= 0.6 is 0 Å². The molecule has 0 aliphatic heterocycles. The van der Waals surface area contributed by atoms with E-state index in [1.807, 2.05) is 0 Å². The molecule has 0 saturated carbocycles. The first-order chi connectivity index (χ1) is 16.0.